The van der Waals surface area contributed by atoms with Crippen molar-refractivity contribution < 1.29 is 0 Å². The van der Waals surface area contributed by atoms with Crippen LogP contribution in [0.5, 0.6) is 0 Å². The van der Waals surface area contributed by atoms with Crippen molar-refractivity contribution in [1.29, 1.82) is 0 Å². The second kappa shape index (κ2) is 5.41. The van der Waals surface area contributed by atoms with Crippen LogP contribution >= 0.6 is 0 Å². The third-order valence-corrected chi connectivity index (χ3v) is 3.76. The maximum Gasteiger partial charge on any atom is 0.160 e. The van der Waals surface area contributed by atoms with Gasteiger partial charge in [-0.2, -0.15) is 0 Å². The summed E-state index contributed by atoms with van der Waals surface area (Å²) < 4.78 is 0. The van der Waals surface area contributed by atoms with Crippen LogP contribution in [0.3, 0.4) is 0 Å². The minimum absolute atomic E-state index is 0.780. The van der Waals surface area contributed by atoms with Crippen molar-refractivity contribution in [2.45, 2.75) is 0 Å². The minimum atomic E-state index is 0.780. The van der Waals surface area contributed by atoms with Gasteiger partial charge in [0.2, 0.25) is 0 Å². The Hall–Kier alpha value is -3.00. The van der Waals surface area contributed by atoms with Crippen LogP contribution in [0, 0.1) is 0 Å². The molecular weight excluding hydrogens is 268 g/mol. The van der Waals surface area contributed by atoms with Crippen LogP contribution < -0.4 is 0 Å². The van der Waals surface area contributed by atoms with Gasteiger partial charge in [-0.25, -0.2) is 9.97 Å². The molecule has 0 aliphatic rings. The zero-order chi connectivity index (χ0) is 14.8. The number of rotatable bonds is 2. The van der Waals surface area contributed by atoms with Gasteiger partial charge < -0.3 is 0 Å². The molecule has 0 bridgehead atoms. The van der Waals surface area contributed by atoms with Gasteiger partial charge in [0, 0.05) is 17.1 Å². The van der Waals surface area contributed by atoms with Gasteiger partial charge >= 0.3 is 0 Å². The van der Waals surface area contributed by atoms with Gasteiger partial charge in [-0.3, -0.25) is 0 Å². The highest BCUT2D eigenvalue weighted by Gasteiger charge is 2.07. The molecule has 0 atom stereocenters. The zero-order valence-corrected chi connectivity index (χ0v) is 12.0. The van der Waals surface area contributed by atoms with Crippen LogP contribution in [0.15, 0.2) is 85.1 Å². The Balaban J connectivity index is 1.90. The van der Waals surface area contributed by atoms with Gasteiger partial charge in [0.25, 0.3) is 0 Å². The molecule has 0 saturated heterocycles. The fourth-order valence-electron chi connectivity index (χ4n) is 2.67. The molecule has 0 unspecified atom stereocenters. The van der Waals surface area contributed by atoms with E-state index >= 15 is 0 Å². The summed E-state index contributed by atoms with van der Waals surface area (Å²) in [6.45, 7) is 0. The van der Waals surface area contributed by atoms with Crippen LogP contribution in [0.25, 0.3) is 33.4 Å². The summed E-state index contributed by atoms with van der Waals surface area (Å²) in [5.41, 5.74) is 5.19. The van der Waals surface area contributed by atoms with Crippen molar-refractivity contribution in [3.05, 3.63) is 85.1 Å². The molecule has 22 heavy (non-hydrogen) atoms. The summed E-state index contributed by atoms with van der Waals surface area (Å²) in [6, 6.07) is 26.7. The van der Waals surface area contributed by atoms with Crippen LogP contribution in [0.1, 0.15) is 0 Å². The summed E-state index contributed by atoms with van der Waals surface area (Å²) in [4.78, 5) is 9.16. The molecule has 0 spiro atoms. The number of hydrogen-bond donors (Lipinski definition) is 0. The molecule has 104 valence electrons. The van der Waals surface area contributed by atoms with Crippen molar-refractivity contribution >= 4 is 11.0 Å². The Labute approximate surface area is 129 Å². The lowest BCUT2D eigenvalue weighted by Gasteiger charge is -2.07. The lowest BCUT2D eigenvalue weighted by molar-refractivity contribution is 1.29. The average Bonchev–Trinajstić information content (AvgIpc) is 2.62. The van der Waals surface area contributed by atoms with Gasteiger partial charge in [0.1, 0.15) is 0 Å². The first-order valence-corrected chi connectivity index (χ1v) is 7.28. The van der Waals surface area contributed by atoms with Gasteiger partial charge in [0.05, 0.1) is 5.69 Å². The fourth-order valence-corrected chi connectivity index (χ4v) is 2.67. The third kappa shape index (κ3) is 2.25. The molecule has 0 aliphatic carbocycles. The van der Waals surface area contributed by atoms with Gasteiger partial charge in [0.15, 0.2) is 5.65 Å². The normalized spacial score (nSPS) is 10.7. The molecule has 2 heterocycles. The van der Waals surface area contributed by atoms with Crippen LogP contribution in [0.4, 0.5) is 0 Å². The van der Waals surface area contributed by atoms with Gasteiger partial charge in [-0.15, -0.1) is 0 Å². The molecule has 2 aromatic heterocycles. The van der Waals surface area contributed by atoms with Crippen LogP contribution in [0.2, 0.25) is 0 Å². The Morgan fingerprint density at radius 2 is 1.27 bits per heavy atom. The number of aromatic nitrogens is 2. The maximum absolute atomic E-state index is 4.72. The average molecular weight is 282 g/mol. The highest BCUT2D eigenvalue weighted by Crippen LogP contribution is 2.28. The highest BCUT2D eigenvalue weighted by atomic mass is 14.8. The first-order valence-electron chi connectivity index (χ1n) is 7.28. The van der Waals surface area contributed by atoms with Gasteiger partial charge in [-0.05, 0) is 29.3 Å². The Bertz CT molecular complexity index is 916. The topological polar surface area (TPSA) is 25.8 Å². The highest BCUT2D eigenvalue weighted by molar-refractivity contribution is 5.93. The summed E-state index contributed by atoms with van der Waals surface area (Å²) in [5.74, 6) is 0. The number of hydrogen-bond acceptors (Lipinski definition) is 2. The largest absolute Gasteiger partial charge is 0.237 e. The molecule has 2 aromatic carbocycles. The number of pyridine rings is 2. The van der Waals surface area contributed by atoms with Crippen molar-refractivity contribution in [3.8, 4) is 22.4 Å². The second-order valence-corrected chi connectivity index (χ2v) is 5.16. The van der Waals surface area contributed by atoms with E-state index in [1.54, 1.807) is 0 Å². The summed E-state index contributed by atoms with van der Waals surface area (Å²) in [6.07, 6.45) is 1.83. The predicted molar refractivity (Wildman–Crippen MR) is 90.4 cm³/mol. The van der Waals surface area contributed by atoms with E-state index < -0.39 is 0 Å². The number of nitrogens with zero attached hydrogens (tertiary/aromatic N) is 2. The van der Waals surface area contributed by atoms with Crippen molar-refractivity contribution in [3.63, 3.8) is 0 Å². The Morgan fingerprint density at radius 1 is 0.591 bits per heavy atom. The van der Waals surface area contributed by atoms with Crippen LogP contribution in [-0.4, -0.2) is 9.97 Å². The smallest absolute Gasteiger partial charge is 0.160 e. The molecule has 0 saturated carbocycles. The van der Waals surface area contributed by atoms with E-state index in [0.717, 1.165) is 27.9 Å². The van der Waals surface area contributed by atoms with Crippen molar-refractivity contribution in [2.75, 3.05) is 0 Å². The van der Waals surface area contributed by atoms with Crippen LogP contribution in [-0.2, 0) is 0 Å². The molecule has 4 aromatic rings. The molecular formula is C20H14N2. The maximum atomic E-state index is 4.72. The van der Waals surface area contributed by atoms with E-state index in [2.05, 4.69) is 41.4 Å². The standard InChI is InChI=1S/C20H14N2/c1-3-7-15(8-4-1)17-13-14-21-20-18(17)11-12-19(22-20)16-9-5-2-6-10-16/h1-14H. The molecule has 2 heteroatoms. The van der Waals surface area contributed by atoms with E-state index in [1.165, 1.54) is 5.56 Å². The fraction of sp³-hybridized carbons (Fsp3) is 0. The van der Waals surface area contributed by atoms with E-state index in [1.807, 2.05) is 48.7 Å². The minimum Gasteiger partial charge on any atom is -0.237 e. The molecule has 0 amide bonds. The Morgan fingerprint density at radius 3 is 2.00 bits per heavy atom. The van der Waals surface area contributed by atoms with Crippen molar-refractivity contribution in [2.24, 2.45) is 0 Å². The lowest BCUT2D eigenvalue weighted by Crippen LogP contribution is -1.90. The molecule has 4 rings (SSSR count). The van der Waals surface area contributed by atoms with E-state index in [9.17, 15) is 0 Å². The second-order valence-electron chi connectivity index (χ2n) is 5.16. The molecule has 0 fully saturated rings. The SMILES string of the molecule is c1ccc(-c2ccc3c(-c4ccccc4)ccnc3n2)cc1. The monoisotopic (exact) mass is 282 g/mol. The summed E-state index contributed by atoms with van der Waals surface area (Å²) in [5, 5.41) is 1.08. The first-order chi connectivity index (χ1) is 10.9. The Kier molecular flexibility index (Phi) is 3.13. The van der Waals surface area contributed by atoms with E-state index in [-0.39, 0.29) is 0 Å². The van der Waals surface area contributed by atoms with Gasteiger partial charge in [-0.1, -0.05) is 60.7 Å². The first kappa shape index (κ1) is 12.7. The molecule has 0 radical (unpaired) electrons. The van der Waals surface area contributed by atoms with E-state index in [0.29, 0.717) is 0 Å². The number of benzene rings is 2. The predicted octanol–water partition coefficient (Wildman–Crippen LogP) is 4.96. The summed E-state index contributed by atoms with van der Waals surface area (Å²) in [7, 11) is 0. The number of fused-ring (bicyclic) bond motifs is 1. The van der Waals surface area contributed by atoms with E-state index in [4.69, 9.17) is 4.98 Å². The molecule has 0 N–H and O–H groups in total. The molecule has 2 nitrogen and oxygen atoms in total. The lowest BCUT2D eigenvalue weighted by atomic mass is 10.0. The third-order valence-electron chi connectivity index (χ3n) is 3.76. The summed E-state index contributed by atoms with van der Waals surface area (Å²) >= 11 is 0. The molecule has 0 aliphatic heterocycles. The van der Waals surface area contributed by atoms with Crippen molar-refractivity contribution in [1.82, 2.24) is 9.97 Å². The zero-order valence-electron chi connectivity index (χ0n) is 12.0. The quantitative estimate of drug-likeness (QED) is 0.519.